The standard InChI is InChI=1S/C16H15N7O/c1-2-13-14(21-24-20-13)7-11(1)10-22-5-4-18-16(22)15-8-12-9-17-3-6-23(12)19-15/h1-2,4-5,7-8,17H,3,6,9-10H2. The summed E-state index contributed by atoms with van der Waals surface area (Å²) >= 11 is 0. The molecule has 0 atom stereocenters. The van der Waals surface area contributed by atoms with Crippen molar-refractivity contribution < 1.29 is 4.63 Å². The van der Waals surface area contributed by atoms with Crippen LogP contribution in [0.2, 0.25) is 0 Å². The molecule has 1 aliphatic heterocycles. The Morgan fingerprint density at radius 1 is 1.17 bits per heavy atom. The molecular weight excluding hydrogens is 306 g/mol. The van der Waals surface area contributed by atoms with Crippen molar-refractivity contribution in [1.82, 2.24) is 35.0 Å². The smallest absolute Gasteiger partial charge is 0.160 e. The van der Waals surface area contributed by atoms with Crippen LogP contribution >= 0.6 is 0 Å². The van der Waals surface area contributed by atoms with E-state index in [1.54, 1.807) is 0 Å². The number of nitrogens with zero attached hydrogens (tertiary/aromatic N) is 6. The quantitative estimate of drug-likeness (QED) is 0.614. The summed E-state index contributed by atoms with van der Waals surface area (Å²) in [5, 5.41) is 15.8. The second kappa shape index (κ2) is 5.27. The Kier molecular flexibility index (Phi) is 2.95. The van der Waals surface area contributed by atoms with Crippen molar-refractivity contribution in [1.29, 1.82) is 0 Å². The van der Waals surface area contributed by atoms with Crippen molar-refractivity contribution >= 4 is 11.0 Å². The maximum absolute atomic E-state index is 4.76. The minimum atomic E-state index is 0.693. The Balaban J connectivity index is 1.49. The molecule has 0 radical (unpaired) electrons. The maximum Gasteiger partial charge on any atom is 0.160 e. The number of fused-ring (bicyclic) bond motifs is 2. The predicted octanol–water partition coefficient (Wildman–Crippen LogP) is 1.43. The van der Waals surface area contributed by atoms with Crippen LogP contribution in [0.1, 0.15) is 11.3 Å². The summed E-state index contributed by atoms with van der Waals surface area (Å²) in [5.74, 6) is 0.871. The second-order valence-electron chi connectivity index (χ2n) is 5.89. The summed E-state index contributed by atoms with van der Waals surface area (Å²) in [5.41, 5.74) is 4.74. The molecule has 0 bridgehead atoms. The molecule has 5 rings (SSSR count). The van der Waals surface area contributed by atoms with Gasteiger partial charge in [0.2, 0.25) is 0 Å². The first-order chi connectivity index (χ1) is 11.9. The minimum Gasteiger partial charge on any atom is -0.325 e. The average molecular weight is 321 g/mol. The molecule has 3 aromatic heterocycles. The number of hydrogen-bond donors (Lipinski definition) is 1. The molecule has 4 aromatic rings. The van der Waals surface area contributed by atoms with E-state index in [4.69, 9.17) is 9.73 Å². The first-order valence-corrected chi connectivity index (χ1v) is 7.87. The van der Waals surface area contributed by atoms with Gasteiger partial charge in [-0.15, -0.1) is 0 Å². The first-order valence-electron chi connectivity index (χ1n) is 7.87. The number of imidazole rings is 1. The lowest BCUT2D eigenvalue weighted by Crippen LogP contribution is -2.28. The largest absolute Gasteiger partial charge is 0.325 e. The molecule has 1 aliphatic rings. The molecular formula is C16H15N7O. The van der Waals surface area contributed by atoms with Gasteiger partial charge >= 0.3 is 0 Å². The molecule has 0 fully saturated rings. The molecule has 120 valence electrons. The molecule has 8 heteroatoms. The fourth-order valence-electron chi connectivity index (χ4n) is 3.09. The normalized spacial score (nSPS) is 14.2. The van der Waals surface area contributed by atoms with Crippen molar-refractivity contribution in [2.45, 2.75) is 19.6 Å². The lowest BCUT2D eigenvalue weighted by atomic mass is 10.2. The van der Waals surface area contributed by atoms with Crippen LogP contribution in [0.3, 0.4) is 0 Å². The molecule has 8 nitrogen and oxygen atoms in total. The fourth-order valence-corrected chi connectivity index (χ4v) is 3.09. The summed E-state index contributed by atoms with van der Waals surface area (Å²) in [6.07, 6.45) is 3.78. The van der Waals surface area contributed by atoms with Gasteiger partial charge in [0.05, 0.1) is 12.2 Å². The van der Waals surface area contributed by atoms with Gasteiger partial charge in [-0.25, -0.2) is 9.61 Å². The first kappa shape index (κ1) is 13.4. The summed E-state index contributed by atoms with van der Waals surface area (Å²) < 4.78 is 8.90. The van der Waals surface area contributed by atoms with E-state index >= 15 is 0 Å². The third-order valence-electron chi connectivity index (χ3n) is 4.29. The summed E-state index contributed by atoms with van der Waals surface area (Å²) in [4.78, 5) is 4.50. The molecule has 0 unspecified atom stereocenters. The number of hydrogen-bond acceptors (Lipinski definition) is 6. The van der Waals surface area contributed by atoms with Gasteiger partial charge in [-0.2, -0.15) is 5.10 Å². The summed E-state index contributed by atoms with van der Waals surface area (Å²) in [6, 6.07) is 8.03. The van der Waals surface area contributed by atoms with Crippen molar-refractivity contribution in [3.8, 4) is 11.5 Å². The molecule has 24 heavy (non-hydrogen) atoms. The number of benzene rings is 1. The highest BCUT2D eigenvalue weighted by molar-refractivity contribution is 5.73. The predicted molar refractivity (Wildman–Crippen MR) is 86.1 cm³/mol. The van der Waals surface area contributed by atoms with Crippen LogP contribution in [0.15, 0.2) is 41.3 Å². The van der Waals surface area contributed by atoms with E-state index in [1.165, 1.54) is 5.69 Å². The summed E-state index contributed by atoms with van der Waals surface area (Å²) in [6.45, 7) is 3.39. The topological polar surface area (TPSA) is 86.6 Å². The maximum atomic E-state index is 4.76. The zero-order chi connectivity index (χ0) is 15.9. The van der Waals surface area contributed by atoms with Crippen LogP contribution in [0.25, 0.3) is 22.6 Å². The molecule has 0 spiro atoms. The van der Waals surface area contributed by atoms with E-state index in [0.29, 0.717) is 6.54 Å². The zero-order valence-corrected chi connectivity index (χ0v) is 12.9. The van der Waals surface area contributed by atoms with Crippen LogP contribution in [0.5, 0.6) is 0 Å². The Morgan fingerprint density at radius 2 is 2.12 bits per heavy atom. The lowest BCUT2D eigenvalue weighted by Gasteiger charge is -2.13. The Morgan fingerprint density at radius 3 is 3.08 bits per heavy atom. The lowest BCUT2D eigenvalue weighted by molar-refractivity contribution is 0.315. The van der Waals surface area contributed by atoms with Gasteiger partial charge in [-0.05, 0) is 34.1 Å². The highest BCUT2D eigenvalue weighted by atomic mass is 16.6. The van der Waals surface area contributed by atoms with Gasteiger partial charge in [0.1, 0.15) is 16.7 Å². The molecule has 1 aromatic carbocycles. The fraction of sp³-hybridized carbons (Fsp3) is 0.250. The molecule has 4 heterocycles. The van der Waals surface area contributed by atoms with E-state index in [1.807, 2.05) is 30.6 Å². The van der Waals surface area contributed by atoms with E-state index in [2.05, 4.69) is 35.9 Å². The Labute approximate surface area is 137 Å². The van der Waals surface area contributed by atoms with Gasteiger partial charge in [0.15, 0.2) is 5.82 Å². The molecule has 0 saturated carbocycles. The minimum absolute atomic E-state index is 0.693. The number of aromatic nitrogens is 6. The Bertz CT molecular complexity index is 989. The molecule has 0 saturated heterocycles. The van der Waals surface area contributed by atoms with Gasteiger partial charge in [-0.1, -0.05) is 6.07 Å². The third kappa shape index (κ3) is 2.19. The van der Waals surface area contributed by atoms with Crippen LogP contribution in [-0.4, -0.2) is 36.2 Å². The van der Waals surface area contributed by atoms with Crippen molar-refractivity contribution in [2.24, 2.45) is 0 Å². The van der Waals surface area contributed by atoms with Crippen molar-refractivity contribution in [3.63, 3.8) is 0 Å². The molecule has 0 amide bonds. The average Bonchev–Trinajstić information content (AvgIpc) is 3.33. The van der Waals surface area contributed by atoms with Crippen LogP contribution < -0.4 is 5.32 Å². The third-order valence-corrected chi connectivity index (χ3v) is 4.29. The van der Waals surface area contributed by atoms with Gasteiger partial charge < -0.3 is 9.88 Å². The van der Waals surface area contributed by atoms with Gasteiger partial charge in [0, 0.05) is 32.0 Å². The van der Waals surface area contributed by atoms with E-state index < -0.39 is 0 Å². The van der Waals surface area contributed by atoms with E-state index in [9.17, 15) is 0 Å². The van der Waals surface area contributed by atoms with Gasteiger partial charge in [-0.3, -0.25) is 4.68 Å². The summed E-state index contributed by atoms with van der Waals surface area (Å²) in [7, 11) is 0. The molecule has 1 N–H and O–H groups in total. The zero-order valence-electron chi connectivity index (χ0n) is 12.9. The van der Waals surface area contributed by atoms with E-state index in [-0.39, 0.29) is 0 Å². The van der Waals surface area contributed by atoms with Gasteiger partial charge in [0.25, 0.3) is 0 Å². The van der Waals surface area contributed by atoms with Crippen LogP contribution in [-0.2, 0) is 19.6 Å². The highest BCUT2D eigenvalue weighted by Gasteiger charge is 2.16. The highest BCUT2D eigenvalue weighted by Crippen LogP contribution is 2.21. The number of nitrogens with one attached hydrogen (secondary N) is 1. The van der Waals surface area contributed by atoms with Crippen LogP contribution in [0, 0.1) is 0 Å². The SMILES string of the molecule is c1cn(Cc2ccc3nonc3c2)c(-c2cc3n(n2)CCNC3)n1. The van der Waals surface area contributed by atoms with Crippen molar-refractivity contribution in [3.05, 3.63) is 47.9 Å². The van der Waals surface area contributed by atoms with E-state index in [0.717, 1.165) is 47.7 Å². The van der Waals surface area contributed by atoms with Crippen LogP contribution in [0.4, 0.5) is 0 Å². The van der Waals surface area contributed by atoms with Crippen molar-refractivity contribution in [2.75, 3.05) is 6.54 Å². The molecule has 0 aliphatic carbocycles. The monoisotopic (exact) mass is 321 g/mol. The Hall–Kier alpha value is -3.00. The second-order valence-corrected chi connectivity index (χ2v) is 5.89. The number of rotatable bonds is 3.